The molecule has 2 aromatic carbocycles. The summed E-state index contributed by atoms with van der Waals surface area (Å²) in [5.74, 6) is 0.855. The van der Waals surface area contributed by atoms with Crippen molar-refractivity contribution in [2.24, 2.45) is 0 Å². The fraction of sp³-hybridized carbons (Fsp3) is 0.261. The first-order valence-corrected chi connectivity index (χ1v) is 9.32. The number of aromatic nitrogens is 1. The molecular weight excluding hydrogens is 336 g/mol. The zero-order chi connectivity index (χ0) is 18.5. The van der Waals surface area contributed by atoms with Gasteiger partial charge >= 0.3 is 0 Å². The molecule has 3 aromatic rings. The molecule has 138 valence electrons. The van der Waals surface area contributed by atoms with E-state index < -0.39 is 5.60 Å². The van der Waals surface area contributed by atoms with Crippen LogP contribution >= 0.6 is 0 Å². The van der Waals surface area contributed by atoms with Gasteiger partial charge in [0.15, 0.2) is 0 Å². The number of likely N-dealkylation sites (tertiary alicyclic amines) is 1. The summed E-state index contributed by atoms with van der Waals surface area (Å²) in [6.07, 6.45) is 4.34. The standard InChI is InChI=1S/C23H24N2O2/c26-23(21-8-2-1-3-9-21)11-13-25(18-23)16-19-6-4-10-22(14-19)27-17-20-7-5-12-24-15-20/h1-10,12,14-15,26H,11,13,16-18H2. The van der Waals surface area contributed by atoms with Crippen molar-refractivity contribution in [2.45, 2.75) is 25.2 Å². The molecular formula is C23H24N2O2. The van der Waals surface area contributed by atoms with Crippen LogP contribution in [-0.4, -0.2) is 28.1 Å². The van der Waals surface area contributed by atoms with Crippen LogP contribution in [0.25, 0.3) is 0 Å². The van der Waals surface area contributed by atoms with Gasteiger partial charge < -0.3 is 9.84 Å². The second kappa shape index (κ2) is 7.91. The molecule has 1 aliphatic heterocycles. The fourth-order valence-electron chi connectivity index (χ4n) is 3.63. The number of rotatable bonds is 6. The summed E-state index contributed by atoms with van der Waals surface area (Å²) in [7, 11) is 0. The quantitative estimate of drug-likeness (QED) is 0.727. The summed E-state index contributed by atoms with van der Waals surface area (Å²) in [5.41, 5.74) is 2.49. The Morgan fingerprint density at radius 3 is 2.67 bits per heavy atom. The number of benzene rings is 2. The number of aliphatic hydroxyl groups is 1. The van der Waals surface area contributed by atoms with Crippen LogP contribution in [0.5, 0.6) is 5.75 Å². The molecule has 1 fully saturated rings. The normalized spacial score (nSPS) is 19.9. The Balaban J connectivity index is 1.37. The molecule has 0 radical (unpaired) electrons. The van der Waals surface area contributed by atoms with Gasteiger partial charge in [-0.05, 0) is 35.7 Å². The molecule has 0 saturated carbocycles. The average Bonchev–Trinajstić information content (AvgIpc) is 3.10. The van der Waals surface area contributed by atoms with Crippen LogP contribution in [0.4, 0.5) is 0 Å². The average molecular weight is 360 g/mol. The predicted molar refractivity (Wildman–Crippen MR) is 105 cm³/mol. The van der Waals surface area contributed by atoms with E-state index in [0.717, 1.165) is 36.4 Å². The lowest BCUT2D eigenvalue weighted by Gasteiger charge is -2.24. The van der Waals surface area contributed by atoms with Crippen LogP contribution in [0, 0.1) is 0 Å². The molecule has 2 heterocycles. The molecule has 4 heteroatoms. The van der Waals surface area contributed by atoms with E-state index in [-0.39, 0.29) is 0 Å². The minimum Gasteiger partial charge on any atom is -0.489 e. The number of β-amino-alcohol motifs (C(OH)–C–C–N with tert-alkyl or cyclic N) is 1. The van der Waals surface area contributed by atoms with Gasteiger partial charge in [-0.1, -0.05) is 48.5 Å². The topological polar surface area (TPSA) is 45.6 Å². The van der Waals surface area contributed by atoms with Gasteiger partial charge in [-0.15, -0.1) is 0 Å². The third-order valence-electron chi connectivity index (χ3n) is 5.07. The molecule has 0 bridgehead atoms. The summed E-state index contributed by atoms with van der Waals surface area (Å²) >= 11 is 0. The third-order valence-corrected chi connectivity index (χ3v) is 5.07. The molecule has 27 heavy (non-hydrogen) atoms. The van der Waals surface area contributed by atoms with Crippen molar-refractivity contribution in [3.63, 3.8) is 0 Å². The van der Waals surface area contributed by atoms with E-state index in [9.17, 15) is 5.11 Å². The molecule has 1 aromatic heterocycles. The Kier molecular flexibility index (Phi) is 5.19. The van der Waals surface area contributed by atoms with E-state index in [2.05, 4.69) is 22.0 Å². The van der Waals surface area contributed by atoms with Crippen molar-refractivity contribution in [1.29, 1.82) is 0 Å². The Morgan fingerprint density at radius 2 is 1.85 bits per heavy atom. The third kappa shape index (κ3) is 4.35. The predicted octanol–water partition coefficient (Wildman–Crippen LogP) is 3.75. The van der Waals surface area contributed by atoms with Gasteiger partial charge in [-0.25, -0.2) is 0 Å². The van der Waals surface area contributed by atoms with E-state index >= 15 is 0 Å². The van der Waals surface area contributed by atoms with Gasteiger partial charge in [0.25, 0.3) is 0 Å². The second-order valence-corrected chi connectivity index (χ2v) is 7.16. The van der Waals surface area contributed by atoms with Crippen molar-refractivity contribution in [3.05, 3.63) is 95.8 Å². The fourth-order valence-corrected chi connectivity index (χ4v) is 3.63. The van der Waals surface area contributed by atoms with Gasteiger partial charge in [0, 0.05) is 37.6 Å². The maximum Gasteiger partial charge on any atom is 0.120 e. The molecule has 4 nitrogen and oxygen atoms in total. The molecule has 1 saturated heterocycles. The highest BCUT2D eigenvalue weighted by Crippen LogP contribution is 2.32. The highest BCUT2D eigenvalue weighted by atomic mass is 16.5. The van der Waals surface area contributed by atoms with Gasteiger partial charge in [0.1, 0.15) is 18.0 Å². The van der Waals surface area contributed by atoms with Crippen molar-refractivity contribution < 1.29 is 9.84 Å². The van der Waals surface area contributed by atoms with Crippen molar-refractivity contribution in [2.75, 3.05) is 13.1 Å². The maximum atomic E-state index is 11.0. The minimum atomic E-state index is -0.754. The first kappa shape index (κ1) is 17.7. The van der Waals surface area contributed by atoms with Gasteiger partial charge in [0.05, 0.1) is 0 Å². The lowest BCUT2D eigenvalue weighted by molar-refractivity contribution is 0.0453. The Morgan fingerprint density at radius 1 is 1.00 bits per heavy atom. The van der Waals surface area contributed by atoms with E-state index in [0.29, 0.717) is 13.2 Å². The van der Waals surface area contributed by atoms with Crippen LogP contribution in [0.3, 0.4) is 0 Å². The van der Waals surface area contributed by atoms with Crippen LogP contribution < -0.4 is 4.74 Å². The largest absolute Gasteiger partial charge is 0.489 e. The van der Waals surface area contributed by atoms with Gasteiger partial charge in [-0.3, -0.25) is 9.88 Å². The highest BCUT2D eigenvalue weighted by Gasteiger charge is 2.37. The Labute approximate surface area is 160 Å². The van der Waals surface area contributed by atoms with E-state index in [1.54, 1.807) is 6.20 Å². The molecule has 0 amide bonds. The van der Waals surface area contributed by atoms with Crippen molar-refractivity contribution in [1.82, 2.24) is 9.88 Å². The number of hydrogen-bond acceptors (Lipinski definition) is 4. The van der Waals surface area contributed by atoms with Crippen molar-refractivity contribution >= 4 is 0 Å². The lowest BCUT2D eigenvalue weighted by Crippen LogP contribution is -2.30. The summed E-state index contributed by atoms with van der Waals surface area (Å²) in [5, 5.41) is 11.0. The summed E-state index contributed by atoms with van der Waals surface area (Å²) in [6.45, 7) is 2.85. The molecule has 4 rings (SSSR count). The maximum absolute atomic E-state index is 11.0. The van der Waals surface area contributed by atoms with Gasteiger partial charge in [0.2, 0.25) is 0 Å². The molecule has 1 N–H and O–H groups in total. The number of hydrogen-bond donors (Lipinski definition) is 1. The molecule has 1 unspecified atom stereocenters. The number of pyridine rings is 1. The first-order chi connectivity index (χ1) is 13.2. The lowest BCUT2D eigenvalue weighted by atomic mass is 9.93. The van der Waals surface area contributed by atoms with Crippen LogP contribution in [0.2, 0.25) is 0 Å². The Bertz CT molecular complexity index is 870. The molecule has 1 aliphatic rings. The Hall–Kier alpha value is -2.69. The van der Waals surface area contributed by atoms with E-state index in [4.69, 9.17) is 4.74 Å². The SMILES string of the molecule is OC1(c2ccccc2)CCN(Cc2cccc(OCc3cccnc3)c2)C1. The zero-order valence-electron chi connectivity index (χ0n) is 15.3. The molecule has 1 atom stereocenters. The second-order valence-electron chi connectivity index (χ2n) is 7.16. The summed E-state index contributed by atoms with van der Waals surface area (Å²) in [6, 6.07) is 22.1. The molecule has 0 spiro atoms. The minimum absolute atomic E-state index is 0.509. The van der Waals surface area contributed by atoms with Crippen LogP contribution in [-0.2, 0) is 18.8 Å². The van der Waals surface area contributed by atoms with E-state index in [1.165, 1.54) is 5.56 Å². The van der Waals surface area contributed by atoms with E-state index in [1.807, 2.05) is 60.8 Å². The zero-order valence-corrected chi connectivity index (χ0v) is 15.3. The van der Waals surface area contributed by atoms with Crippen LogP contribution in [0.15, 0.2) is 79.1 Å². The van der Waals surface area contributed by atoms with Gasteiger partial charge in [-0.2, -0.15) is 0 Å². The highest BCUT2D eigenvalue weighted by molar-refractivity contribution is 5.29. The number of nitrogens with zero attached hydrogens (tertiary/aromatic N) is 2. The number of ether oxygens (including phenoxy) is 1. The molecule has 0 aliphatic carbocycles. The summed E-state index contributed by atoms with van der Waals surface area (Å²) in [4.78, 5) is 6.41. The summed E-state index contributed by atoms with van der Waals surface area (Å²) < 4.78 is 5.90. The van der Waals surface area contributed by atoms with Crippen LogP contribution in [0.1, 0.15) is 23.1 Å². The smallest absolute Gasteiger partial charge is 0.120 e. The van der Waals surface area contributed by atoms with Crippen molar-refractivity contribution in [3.8, 4) is 5.75 Å². The first-order valence-electron chi connectivity index (χ1n) is 9.32. The monoisotopic (exact) mass is 360 g/mol.